The normalized spacial score (nSPS) is 10.3. The molecule has 0 bridgehead atoms. The molecule has 0 aliphatic carbocycles. The van der Waals surface area contributed by atoms with Crippen molar-refractivity contribution in [2.75, 3.05) is 5.32 Å². The van der Waals surface area contributed by atoms with Crippen molar-refractivity contribution >= 4 is 22.7 Å². The fraction of sp³-hybridized carbons (Fsp3) is 0.182. The van der Waals surface area contributed by atoms with E-state index in [0.29, 0.717) is 0 Å². The maximum absolute atomic E-state index is 13.5. The Kier molecular flexibility index (Phi) is 3.52. The van der Waals surface area contributed by atoms with Gasteiger partial charge < -0.3 is 5.32 Å². The highest BCUT2D eigenvalue weighted by Gasteiger charge is 2.17. The molecule has 7 heteroatoms. The Bertz CT molecular complexity index is 585. The Morgan fingerprint density at radius 1 is 1.56 bits per heavy atom. The van der Waals surface area contributed by atoms with E-state index in [1.807, 2.05) is 12.3 Å². The second kappa shape index (κ2) is 5.09. The highest BCUT2D eigenvalue weighted by Crippen LogP contribution is 2.27. The fourth-order valence-electron chi connectivity index (χ4n) is 1.49. The van der Waals surface area contributed by atoms with Gasteiger partial charge in [-0.3, -0.25) is 10.1 Å². The van der Waals surface area contributed by atoms with Crippen LogP contribution in [0.5, 0.6) is 0 Å². The van der Waals surface area contributed by atoms with E-state index in [-0.39, 0.29) is 17.9 Å². The number of nitro benzene ring substituents is 1. The van der Waals surface area contributed by atoms with Crippen LogP contribution in [0.4, 0.5) is 15.8 Å². The summed E-state index contributed by atoms with van der Waals surface area (Å²) in [6.45, 7) is 2.12. The molecule has 0 spiro atoms. The van der Waals surface area contributed by atoms with Crippen LogP contribution in [0.2, 0.25) is 0 Å². The van der Waals surface area contributed by atoms with E-state index in [9.17, 15) is 14.5 Å². The van der Waals surface area contributed by atoms with E-state index in [1.54, 1.807) is 0 Å². The van der Waals surface area contributed by atoms with Gasteiger partial charge in [-0.1, -0.05) is 6.07 Å². The first kappa shape index (κ1) is 12.4. The van der Waals surface area contributed by atoms with Crippen molar-refractivity contribution < 1.29 is 9.31 Å². The molecule has 5 nitrogen and oxygen atoms in total. The lowest BCUT2D eigenvalue weighted by atomic mass is 10.2. The number of benzene rings is 1. The molecule has 2 aromatic rings. The zero-order chi connectivity index (χ0) is 13.1. The standard InChI is InChI=1S/C11H10FN3O2S/c1-7-6-18-10(14-7)5-13-11-8(12)3-2-4-9(11)15(16)17/h2-4,6,13H,5H2,1H3. The van der Waals surface area contributed by atoms with Crippen LogP contribution in [0.3, 0.4) is 0 Å². The summed E-state index contributed by atoms with van der Waals surface area (Å²) in [7, 11) is 0. The summed E-state index contributed by atoms with van der Waals surface area (Å²) in [5.41, 5.74) is 0.499. The smallest absolute Gasteiger partial charge is 0.295 e. The van der Waals surface area contributed by atoms with Crippen LogP contribution >= 0.6 is 11.3 Å². The van der Waals surface area contributed by atoms with Crippen LogP contribution in [-0.4, -0.2) is 9.91 Å². The third-order valence-electron chi connectivity index (χ3n) is 2.27. The van der Waals surface area contributed by atoms with Gasteiger partial charge in [-0.15, -0.1) is 11.3 Å². The molecule has 0 aliphatic heterocycles. The minimum absolute atomic E-state index is 0.102. The van der Waals surface area contributed by atoms with Gasteiger partial charge in [0.25, 0.3) is 5.69 Å². The first-order valence-electron chi connectivity index (χ1n) is 5.15. The van der Waals surface area contributed by atoms with Crippen molar-refractivity contribution in [3.8, 4) is 0 Å². The largest absolute Gasteiger partial charge is 0.371 e. The lowest BCUT2D eigenvalue weighted by Gasteiger charge is -2.06. The third-order valence-corrected chi connectivity index (χ3v) is 3.24. The van der Waals surface area contributed by atoms with Gasteiger partial charge in [-0.2, -0.15) is 0 Å². The molecule has 0 radical (unpaired) electrons. The van der Waals surface area contributed by atoms with E-state index in [2.05, 4.69) is 10.3 Å². The third kappa shape index (κ3) is 2.62. The molecular weight excluding hydrogens is 257 g/mol. The Morgan fingerprint density at radius 3 is 2.94 bits per heavy atom. The van der Waals surface area contributed by atoms with Gasteiger partial charge in [-0.05, 0) is 13.0 Å². The number of nitrogens with zero attached hydrogens (tertiary/aromatic N) is 2. The van der Waals surface area contributed by atoms with Crippen LogP contribution in [0, 0.1) is 22.9 Å². The molecule has 2 rings (SSSR count). The van der Waals surface area contributed by atoms with Crippen LogP contribution in [-0.2, 0) is 6.54 Å². The topological polar surface area (TPSA) is 68.1 Å². The van der Waals surface area contributed by atoms with Crippen LogP contribution in [0.15, 0.2) is 23.6 Å². The molecular formula is C11H10FN3O2S. The predicted octanol–water partition coefficient (Wildman–Crippen LogP) is 3.11. The van der Waals surface area contributed by atoms with Crippen molar-refractivity contribution in [2.24, 2.45) is 0 Å². The molecule has 0 aliphatic rings. The van der Waals surface area contributed by atoms with Crippen molar-refractivity contribution in [3.05, 3.63) is 50.2 Å². The summed E-state index contributed by atoms with van der Waals surface area (Å²) in [5.74, 6) is -0.641. The minimum Gasteiger partial charge on any atom is -0.371 e. The van der Waals surface area contributed by atoms with Crippen molar-refractivity contribution in [1.82, 2.24) is 4.98 Å². The molecule has 1 aromatic carbocycles. The van der Waals surface area contributed by atoms with Gasteiger partial charge in [0.2, 0.25) is 0 Å². The van der Waals surface area contributed by atoms with Crippen molar-refractivity contribution in [3.63, 3.8) is 0 Å². The molecule has 0 saturated carbocycles. The number of aryl methyl sites for hydroxylation is 1. The zero-order valence-corrected chi connectivity index (χ0v) is 10.3. The van der Waals surface area contributed by atoms with E-state index in [0.717, 1.165) is 10.7 Å². The van der Waals surface area contributed by atoms with Gasteiger partial charge in [-0.25, -0.2) is 9.37 Å². The monoisotopic (exact) mass is 267 g/mol. The number of aromatic nitrogens is 1. The Balaban J connectivity index is 2.20. The predicted molar refractivity (Wildman–Crippen MR) is 67.2 cm³/mol. The zero-order valence-electron chi connectivity index (χ0n) is 9.51. The molecule has 0 unspecified atom stereocenters. The fourth-order valence-corrected chi connectivity index (χ4v) is 2.20. The second-order valence-corrected chi connectivity index (χ2v) is 4.57. The molecule has 0 atom stereocenters. The van der Waals surface area contributed by atoms with Gasteiger partial charge in [0.15, 0.2) is 5.82 Å². The van der Waals surface area contributed by atoms with Gasteiger partial charge in [0, 0.05) is 17.1 Å². The maximum Gasteiger partial charge on any atom is 0.295 e. The quantitative estimate of drug-likeness (QED) is 0.682. The molecule has 0 fully saturated rings. The number of para-hydroxylation sites is 1. The summed E-state index contributed by atoms with van der Waals surface area (Å²) in [6.07, 6.45) is 0. The van der Waals surface area contributed by atoms with E-state index in [4.69, 9.17) is 0 Å². The number of halogens is 1. The first-order valence-corrected chi connectivity index (χ1v) is 6.03. The van der Waals surface area contributed by atoms with E-state index in [1.165, 1.54) is 29.5 Å². The van der Waals surface area contributed by atoms with E-state index >= 15 is 0 Å². The molecule has 1 N–H and O–H groups in total. The number of nitrogens with one attached hydrogen (secondary N) is 1. The first-order chi connectivity index (χ1) is 8.58. The Morgan fingerprint density at radius 2 is 2.33 bits per heavy atom. The lowest BCUT2D eigenvalue weighted by Crippen LogP contribution is -2.04. The summed E-state index contributed by atoms with van der Waals surface area (Å²) in [4.78, 5) is 14.4. The number of anilines is 1. The highest BCUT2D eigenvalue weighted by molar-refractivity contribution is 7.09. The molecule has 1 heterocycles. The van der Waals surface area contributed by atoms with Crippen molar-refractivity contribution in [1.29, 1.82) is 0 Å². The molecule has 18 heavy (non-hydrogen) atoms. The second-order valence-electron chi connectivity index (χ2n) is 3.63. The Labute approximate surface area is 106 Å². The van der Waals surface area contributed by atoms with E-state index < -0.39 is 10.7 Å². The van der Waals surface area contributed by atoms with Crippen LogP contribution in [0.25, 0.3) is 0 Å². The lowest BCUT2D eigenvalue weighted by molar-refractivity contribution is -0.384. The minimum atomic E-state index is -0.641. The SMILES string of the molecule is Cc1csc(CNc2c(F)cccc2[N+](=O)[O-])n1. The van der Waals surface area contributed by atoms with Gasteiger partial charge in [0.05, 0.1) is 11.5 Å². The van der Waals surface area contributed by atoms with Crippen LogP contribution < -0.4 is 5.32 Å². The highest BCUT2D eigenvalue weighted by atomic mass is 32.1. The number of nitro groups is 1. The maximum atomic E-state index is 13.5. The number of hydrogen-bond donors (Lipinski definition) is 1. The number of hydrogen-bond acceptors (Lipinski definition) is 5. The average molecular weight is 267 g/mol. The average Bonchev–Trinajstić information content (AvgIpc) is 2.73. The molecule has 0 amide bonds. The van der Waals surface area contributed by atoms with Gasteiger partial charge >= 0.3 is 0 Å². The summed E-state index contributed by atoms with van der Waals surface area (Å²) < 4.78 is 13.5. The Hall–Kier alpha value is -2.02. The van der Waals surface area contributed by atoms with Crippen molar-refractivity contribution in [2.45, 2.75) is 13.5 Å². The summed E-state index contributed by atoms with van der Waals surface area (Å²) in [6, 6.07) is 3.76. The number of thiazole rings is 1. The summed E-state index contributed by atoms with van der Waals surface area (Å²) >= 11 is 1.42. The van der Waals surface area contributed by atoms with Crippen LogP contribution in [0.1, 0.15) is 10.7 Å². The molecule has 94 valence electrons. The van der Waals surface area contributed by atoms with Gasteiger partial charge in [0.1, 0.15) is 10.7 Å². The summed E-state index contributed by atoms with van der Waals surface area (Å²) in [5, 5.41) is 16.1. The molecule has 1 aromatic heterocycles. The number of rotatable bonds is 4. The molecule has 0 saturated heterocycles.